The summed E-state index contributed by atoms with van der Waals surface area (Å²) in [6.45, 7) is 0. The Morgan fingerprint density at radius 3 is 2.33 bits per heavy atom. The summed E-state index contributed by atoms with van der Waals surface area (Å²) in [5.74, 6) is 2.12. The highest BCUT2D eigenvalue weighted by molar-refractivity contribution is 7.80. The van der Waals surface area contributed by atoms with E-state index in [1.807, 2.05) is 0 Å². The number of hydrogen-bond acceptors (Lipinski definition) is 1. The molecule has 2 aliphatic rings. The van der Waals surface area contributed by atoms with Crippen LogP contribution in [0.2, 0.25) is 0 Å². The molecule has 0 saturated heterocycles. The number of hydrogen-bond donors (Lipinski definition) is 1. The minimum Gasteiger partial charge on any atom is -0.176 e. The third-order valence-electron chi connectivity index (χ3n) is 3.76. The Hall–Kier alpha value is 0.350. The summed E-state index contributed by atoms with van der Waals surface area (Å²) >= 11 is 4.61. The molecule has 0 radical (unpaired) electrons. The van der Waals surface area contributed by atoms with Crippen LogP contribution in [-0.4, -0.2) is 5.25 Å². The average molecular weight is 184 g/mol. The van der Waals surface area contributed by atoms with Gasteiger partial charge in [0.1, 0.15) is 0 Å². The molecule has 70 valence electrons. The van der Waals surface area contributed by atoms with Crippen LogP contribution in [-0.2, 0) is 0 Å². The quantitative estimate of drug-likeness (QED) is 0.546. The second-order valence-electron chi connectivity index (χ2n) is 4.63. The van der Waals surface area contributed by atoms with Gasteiger partial charge in [-0.2, -0.15) is 12.6 Å². The molecule has 3 unspecified atom stereocenters. The van der Waals surface area contributed by atoms with Gasteiger partial charge in [0.15, 0.2) is 0 Å². The molecule has 0 heterocycles. The van der Waals surface area contributed by atoms with Gasteiger partial charge >= 0.3 is 0 Å². The second kappa shape index (κ2) is 4.04. The highest BCUT2D eigenvalue weighted by Crippen LogP contribution is 2.40. The van der Waals surface area contributed by atoms with Gasteiger partial charge in [-0.25, -0.2) is 0 Å². The van der Waals surface area contributed by atoms with Crippen LogP contribution in [0, 0.1) is 11.8 Å². The predicted octanol–water partition coefficient (Wildman–Crippen LogP) is 3.67. The van der Waals surface area contributed by atoms with Crippen molar-refractivity contribution in [3.63, 3.8) is 0 Å². The lowest BCUT2D eigenvalue weighted by Crippen LogP contribution is -2.24. The van der Waals surface area contributed by atoms with Gasteiger partial charge in [0, 0.05) is 5.25 Å². The van der Waals surface area contributed by atoms with Crippen molar-refractivity contribution in [2.24, 2.45) is 11.8 Å². The standard InChI is InChI=1S/C11H20S/c12-11-7-6-9-4-2-1-3-5-10(9)8-11/h9-12H,1-8H2. The Labute approximate surface area is 81.5 Å². The van der Waals surface area contributed by atoms with Gasteiger partial charge in [0.2, 0.25) is 0 Å². The molecule has 3 atom stereocenters. The van der Waals surface area contributed by atoms with E-state index in [4.69, 9.17) is 0 Å². The molecule has 2 rings (SSSR count). The number of fused-ring (bicyclic) bond motifs is 1. The van der Waals surface area contributed by atoms with E-state index < -0.39 is 0 Å². The zero-order valence-corrected chi connectivity index (χ0v) is 8.73. The summed E-state index contributed by atoms with van der Waals surface area (Å²) < 4.78 is 0. The summed E-state index contributed by atoms with van der Waals surface area (Å²) in [4.78, 5) is 0. The fraction of sp³-hybridized carbons (Fsp3) is 1.00. The van der Waals surface area contributed by atoms with Crippen molar-refractivity contribution in [2.75, 3.05) is 0 Å². The number of thiol groups is 1. The zero-order valence-electron chi connectivity index (χ0n) is 7.84. The van der Waals surface area contributed by atoms with Crippen molar-refractivity contribution in [1.29, 1.82) is 0 Å². The van der Waals surface area contributed by atoms with Crippen molar-refractivity contribution in [3.8, 4) is 0 Å². The van der Waals surface area contributed by atoms with E-state index in [1.54, 1.807) is 0 Å². The lowest BCUT2D eigenvalue weighted by atomic mass is 9.76. The molecule has 2 saturated carbocycles. The Balaban J connectivity index is 1.94. The highest BCUT2D eigenvalue weighted by Gasteiger charge is 2.29. The summed E-state index contributed by atoms with van der Waals surface area (Å²) in [5.41, 5.74) is 0. The van der Waals surface area contributed by atoms with Crippen LogP contribution in [0.15, 0.2) is 0 Å². The summed E-state index contributed by atoms with van der Waals surface area (Å²) in [6.07, 6.45) is 11.8. The Bertz CT molecular complexity index is 144. The van der Waals surface area contributed by atoms with Gasteiger partial charge in [0.05, 0.1) is 0 Å². The third kappa shape index (κ3) is 1.99. The molecule has 0 aliphatic heterocycles. The maximum atomic E-state index is 4.61. The smallest absolute Gasteiger partial charge is 0.00196 e. The lowest BCUT2D eigenvalue weighted by Gasteiger charge is -2.33. The molecule has 0 aromatic rings. The van der Waals surface area contributed by atoms with Gasteiger partial charge in [-0.15, -0.1) is 0 Å². The molecule has 0 N–H and O–H groups in total. The molecule has 0 amide bonds. The normalized spacial score (nSPS) is 43.2. The fourth-order valence-corrected chi connectivity index (χ4v) is 3.45. The van der Waals surface area contributed by atoms with Crippen LogP contribution in [0.25, 0.3) is 0 Å². The third-order valence-corrected chi connectivity index (χ3v) is 4.23. The maximum absolute atomic E-state index is 4.61. The lowest BCUT2D eigenvalue weighted by molar-refractivity contribution is 0.230. The van der Waals surface area contributed by atoms with Crippen molar-refractivity contribution < 1.29 is 0 Å². The van der Waals surface area contributed by atoms with Gasteiger partial charge in [-0.05, 0) is 31.1 Å². The van der Waals surface area contributed by atoms with E-state index >= 15 is 0 Å². The Morgan fingerprint density at radius 2 is 1.50 bits per heavy atom. The first-order valence-corrected chi connectivity index (χ1v) is 6.06. The molecule has 0 spiro atoms. The van der Waals surface area contributed by atoms with Crippen LogP contribution in [0.3, 0.4) is 0 Å². The maximum Gasteiger partial charge on any atom is 0.00196 e. The minimum absolute atomic E-state index is 0.726. The van der Waals surface area contributed by atoms with E-state index in [-0.39, 0.29) is 0 Å². The summed E-state index contributed by atoms with van der Waals surface area (Å²) in [5, 5.41) is 0.726. The van der Waals surface area contributed by atoms with Gasteiger partial charge in [-0.3, -0.25) is 0 Å². The van der Waals surface area contributed by atoms with Crippen molar-refractivity contribution in [1.82, 2.24) is 0 Å². The molecular formula is C11H20S. The second-order valence-corrected chi connectivity index (χ2v) is 5.36. The first-order valence-electron chi connectivity index (χ1n) is 5.54. The Kier molecular flexibility index (Phi) is 3.00. The van der Waals surface area contributed by atoms with Gasteiger partial charge < -0.3 is 0 Å². The van der Waals surface area contributed by atoms with Crippen LogP contribution in [0.4, 0.5) is 0 Å². The van der Waals surface area contributed by atoms with Crippen LogP contribution in [0.1, 0.15) is 51.4 Å². The van der Waals surface area contributed by atoms with Crippen molar-refractivity contribution >= 4 is 12.6 Å². The monoisotopic (exact) mass is 184 g/mol. The van der Waals surface area contributed by atoms with Crippen molar-refractivity contribution in [3.05, 3.63) is 0 Å². The number of rotatable bonds is 0. The first kappa shape index (κ1) is 8.93. The van der Waals surface area contributed by atoms with E-state index in [1.165, 1.54) is 51.4 Å². The highest BCUT2D eigenvalue weighted by atomic mass is 32.1. The molecule has 12 heavy (non-hydrogen) atoms. The molecule has 2 fully saturated rings. The van der Waals surface area contributed by atoms with Crippen LogP contribution in [0.5, 0.6) is 0 Å². The van der Waals surface area contributed by atoms with E-state index in [0.29, 0.717) is 0 Å². The van der Waals surface area contributed by atoms with Crippen LogP contribution >= 0.6 is 12.6 Å². The van der Waals surface area contributed by atoms with E-state index in [0.717, 1.165) is 17.1 Å². The molecule has 0 bridgehead atoms. The summed E-state index contributed by atoms with van der Waals surface area (Å²) in [7, 11) is 0. The first-order chi connectivity index (χ1) is 5.86. The molecule has 2 aliphatic carbocycles. The molecular weight excluding hydrogens is 164 g/mol. The Morgan fingerprint density at radius 1 is 0.750 bits per heavy atom. The minimum atomic E-state index is 0.726. The fourth-order valence-electron chi connectivity index (χ4n) is 3.03. The molecule has 0 aromatic carbocycles. The van der Waals surface area contributed by atoms with E-state index in [9.17, 15) is 0 Å². The summed E-state index contributed by atoms with van der Waals surface area (Å²) in [6, 6.07) is 0. The SMILES string of the molecule is SC1CCC2CCCCCC2C1. The topological polar surface area (TPSA) is 0 Å². The molecule has 0 aromatic heterocycles. The molecule has 1 heteroatoms. The average Bonchev–Trinajstić information content (AvgIpc) is 2.28. The largest absolute Gasteiger partial charge is 0.176 e. The molecule has 0 nitrogen and oxygen atoms in total. The van der Waals surface area contributed by atoms with Crippen molar-refractivity contribution in [2.45, 2.75) is 56.6 Å². The van der Waals surface area contributed by atoms with Gasteiger partial charge in [0.25, 0.3) is 0 Å². The van der Waals surface area contributed by atoms with Gasteiger partial charge in [-0.1, -0.05) is 32.1 Å². The zero-order chi connectivity index (χ0) is 8.39. The predicted molar refractivity (Wildman–Crippen MR) is 56.7 cm³/mol. The van der Waals surface area contributed by atoms with E-state index in [2.05, 4.69) is 12.6 Å². The van der Waals surface area contributed by atoms with Crippen LogP contribution < -0.4 is 0 Å².